The van der Waals surface area contributed by atoms with E-state index >= 15 is 0 Å². The molecule has 1 aromatic carbocycles. The van der Waals surface area contributed by atoms with Crippen molar-refractivity contribution in [2.24, 2.45) is 5.92 Å². The number of benzene rings is 1. The maximum atomic E-state index is 12.7. The summed E-state index contributed by atoms with van der Waals surface area (Å²) in [6.45, 7) is 0. The smallest absolute Gasteiger partial charge is 0.307 e. The van der Waals surface area contributed by atoms with E-state index in [2.05, 4.69) is 0 Å². The fourth-order valence-electron chi connectivity index (χ4n) is 2.39. The Morgan fingerprint density at radius 2 is 1.88 bits per heavy atom. The normalized spacial score (nSPS) is 29.2. The minimum atomic E-state index is -0.897. The van der Waals surface area contributed by atoms with Crippen LogP contribution in [-0.2, 0) is 4.79 Å². The van der Waals surface area contributed by atoms with E-state index in [0.29, 0.717) is 18.4 Å². The van der Waals surface area contributed by atoms with E-state index in [9.17, 15) is 14.3 Å². The topological polar surface area (TPSA) is 57.5 Å². The molecule has 1 saturated carbocycles. The fraction of sp³-hybridized carbons (Fsp3) is 0.417. The van der Waals surface area contributed by atoms with E-state index < -0.39 is 23.9 Å². The zero-order valence-corrected chi connectivity index (χ0v) is 8.64. The molecule has 1 aliphatic rings. The number of rotatable bonds is 2. The lowest BCUT2D eigenvalue weighted by atomic mass is 9.88. The third-order valence-electron chi connectivity index (χ3n) is 3.19. The van der Waals surface area contributed by atoms with Gasteiger partial charge in [-0.3, -0.25) is 4.79 Å². The van der Waals surface area contributed by atoms with E-state index in [1.807, 2.05) is 0 Å². The van der Waals surface area contributed by atoms with Gasteiger partial charge in [-0.05, 0) is 30.5 Å². The lowest BCUT2D eigenvalue weighted by Crippen LogP contribution is -2.22. The molecule has 16 heavy (non-hydrogen) atoms. The van der Waals surface area contributed by atoms with E-state index in [0.717, 1.165) is 0 Å². The van der Waals surface area contributed by atoms with Crippen molar-refractivity contribution >= 4 is 5.97 Å². The van der Waals surface area contributed by atoms with Gasteiger partial charge in [0, 0.05) is 5.92 Å². The highest BCUT2D eigenvalue weighted by molar-refractivity contribution is 5.72. The van der Waals surface area contributed by atoms with Gasteiger partial charge >= 0.3 is 5.97 Å². The van der Waals surface area contributed by atoms with Crippen LogP contribution in [0, 0.1) is 11.7 Å². The molecule has 0 radical (unpaired) electrons. The second kappa shape index (κ2) is 4.22. The van der Waals surface area contributed by atoms with Crippen molar-refractivity contribution < 1.29 is 19.4 Å². The molecule has 1 aromatic rings. The molecule has 3 nitrogen and oxygen atoms in total. The Morgan fingerprint density at radius 1 is 1.25 bits per heavy atom. The van der Waals surface area contributed by atoms with E-state index in [1.165, 1.54) is 12.1 Å². The number of aliphatic hydroxyl groups is 1. The van der Waals surface area contributed by atoms with Crippen molar-refractivity contribution in [2.75, 3.05) is 0 Å². The molecule has 3 atom stereocenters. The third kappa shape index (κ3) is 1.93. The monoisotopic (exact) mass is 224 g/mol. The summed E-state index contributed by atoms with van der Waals surface area (Å²) in [6, 6.07) is 5.67. The lowest BCUT2D eigenvalue weighted by molar-refractivity contribution is -0.142. The molecular formula is C12H13FO3. The molecular weight excluding hydrogens is 211 g/mol. The van der Waals surface area contributed by atoms with Gasteiger partial charge in [0.15, 0.2) is 0 Å². The molecule has 1 aliphatic carbocycles. The number of carbonyl (C=O) groups is 1. The number of halogens is 1. The largest absolute Gasteiger partial charge is 0.481 e. The fourth-order valence-corrected chi connectivity index (χ4v) is 2.39. The van der Waals surface area contributed by atoms with Crippen LogP contribution in [0.2, 0.25) is 0 Å². The molecule has 4 heteroatoms. The van der Waals surface area contributed by atoms with Crippen LogP contribution in [0.1, 0.15) is 24.3 Å². The van der Waals surface area contributed by atoms with Crippen molar-refractivity contribution in [1.82, 2.24) is 0 Å². The standard InChI is InChI=1S/C12H13FO3/c13-8-3-1-7(2-4-8)11-9(12(15)16)5-6-10(11)14/h1-4,9-11,14H,5-6H2,(H,15,16)/t9?,10-,11+/m0/s1. The molecule has 0 aliphatic heterocycles. The van der Waals surface area contributed by atoms with Crippen LogP contribution < -0.4 is 0 Å². The number of aliphatic carboxylic acids is 1. The SMILES string of the molecule is O=C(O)C1CC[C@H](O)[C@@H]1c1ccc(F)cc1. The molecule has 1 fully saturated rings. The number of aliphatic hydroxyl groups excluding tert-OH is 1. The van der Waals surface area contributed by atoms with Gasteiger partial charge in [-0.2, -0.15) is 0 Å². The maximum absolute atomic E-state index is 12.7. The van der Waals surface area contributed by atoms with Gasteiger partial charge in [0.25, 0.3) is 0 Å². The Labute approximate surface area is 92.5 Å². The second-order valence-corrected chi connectivity index (χ2v) is 4.17. The summed E-state index contributed by atoms with van der Waals surface area (Å²) in [6.07, 6.45) is 0.309. The summed E-state index contributed by atoms with van der Waals surface area (Å²) in [5.74, 6) is -2.24. The van der Waals surface area contributed by atoms with Crippen LogP contribution in [0.3, 0.4) is 0 Å². The van der Waals surface area contributed by atoms with Gasteiger partial charge in [-0.25, -0.2) is 4.39 Å². The zero-order chi connectivity index (χ0) is 11.7. The summed E-state index contributed by atoms with van der Waals surface area (Å²) in [7, 11) is 0. The van der Waals surface area contributed by atoms with Gasteiger partial charge in [-0.15, -0.1) is 0 Å². The first-order valence-electron chi connectivity index (χ1n) is 5.26. The van der Waals surface area contributed by atoms with Crippen molar-refractivity contribution in [2.45, 2.75) is 24.9 Å². The Hall–Kier alpha value is -1.42. The quantitative estimate of drug-likeness (QED) is 0.804. The predicted molar refractivity (Wildman–Crippen MR) is 55.5 cm³/mol. The van der Waals surface area contributed by atoms with Crippen molar-refractivity contribution in [3.8, 4) is 0 Å². The van der Waals surface area contributed by atoms with Crippen molar-refractivity contribution in [3.63, 3.8) is 0 Å². The van der Waals surface area contributed by atoms with Gasteiger partial charge in [0.2, 0.25) is 0 Å². The van der Waals surface area contributed by atoms with E-state index in [1.54, 1.807) is 12.1 Å². The Bertz CT molecular complexity index is 388. The molecule has 2 rings (SSSR count). The van der Waals surface area contributed by atoms with Crippen LogP contribution in [0.25, 0.3) is 0 Å². The molecule has 86 valence electrons. The summed E-state index contributed by atoms with van der Waals surface area (Å²) in [5, 5.41) is 18.8. The summed E-state index contributed by atoms with van der Waals surface area (Å²) in [5.41, 5.74) is 0.693. The molecule has 0 heterocycles. The average molecular weight is 224 g/mol. The molecule has 2 N–H and O–H groups in total. The first-order chi connectivity index (χ1) is 7.59. The van der Waals surface area contributed by atoms with E-state index in [4.69, 9.17) is 5.11 Å². The van der Waals surface area contributed by atoms with Crippen LogP contribution in [0.15, 0.2) is 24.3 Å². The van der Waals surface area contributed by atoms with Gasteiger partial charge in [-0.1, -0.05) is 12.1 Å². The Balaban J connectivity index is 2.29. The first kappa shape index (κ1) is 11.1. The van der Waals surface area contributed by atoms with Crippen LogP contribution in [0.4, 0.5) is 4.39 Å². The van der Waals surface area contributed by atoms with Crippen molar-refractivity contribution in [3.05, 3.63) is 35.6 Å². The lowest BCUT2D eigenvalue weighted by Gasteiger charge is -2.19. The molecule has 0 spiro atoms. The molecule has 1 unspecified atom stereocenters. The summed E-state index contributed by atoms with van der Waals surface area (Å²) in [4.78, 5) is 11.0. The van der Waals surface area contributed by atoms with Crippen molar-refractivity contribution in [1.29, 1.82) is 0 Å². The molecule has 0 amide bonds. The molecule has 0 aromatic heterocycles. The van der Waals surface area contributed by atoms with Crippen LogP contribution >= 0.6 is 0 Å². The number of carboxylic acid groups (broad SMARTS) is 1. The Morgan fingerprint density at radius 3 is 2.44 bits per heavy atom. The van der Waals surface area contributed by atoms with Gasteiger partial charge in [0.1, 0.15) is 5.82 Å². The second-order valence-electron chi connectivity index (χ2n) is 4.17. The number of carboxylic acids is 1. The minimum Gasteiger partial charge on any atom is -0.481 e. The van der Waals surface area contributed by atoms with Gasteiger partial charge < -0.3 is 10.2 Å². The predicted octanol–water partition coefficient (Wildman–Crippen LogP) is 1.76. The molecule has 0 bridgehead atoms. The number of hydrogen-bond acceptors (Lipinski definition) is 2. The first-order valence-corrected chi connectivity index (χ1v) is 5.26. The highest BCUT2D eigenvalue weighted by atomic mass is 19.1. The third-order valence-corrected chi connectivity index (χ3v) is 3.19. The van der Waals surface area contributed by atoms with E-state index in [-0.39, 0.29) is 5.82 Å². The number of hydrogen-bond donors (Lipinski definition) is 2. The summed E-state index contributed by atoms with van der Waals surface area (Å²) < 4.78 is 12.7. The summed E-state index contributed by atoms with van der Waals surface area (Å²) >= 11 is 0. The van der Waals surface area contributed by atoms with Crippen LogP contribution in [0.5, 0.6) is 0 Å². The maximum Gasteiger partial charge on any atom is 0.307 e. The van der Waals surface area contributed by atoms with Crippen LogP contribution in [-0.4, -0.2) is 22.3 Å². The average Bonchev–Trinajstić information content (AvgIpc) is 2.62. The molecule has 0 saturated heterocycles. The van der Waals surface area contributed by atoms with Gasteiger partial charge in [0.05, 0.1) is 12.0 Å². The Kier molecular flexibility index (Phi) is 2.92. The highest BCUT2D eigenvalue weighted by Gasteiger charge is 2.40. The minimum absolute atomic E-state index is 0.358. The zero-order valence-electron chi connectivity index (χ0n) is 8.64. The highest BCUT2D eigenvalue weighted by Crippen LogP contribution is 2.39.